The van der Waals surface area contributed by atoms with Crippen LogP contribution in [-0.2, 0) is 0 Å². The number of amidine groups is 1. The van der Waals surface area contributed by atoms with Gasteiger partial charge in [-0.05, 0) is 18.3 Å². The number of nitrogens with one attached hydrogen (secondary N) is 1. The van der Waals surface area contributed by atoms with Crippen molar-refractivity contribution < 1.29 is 0 Å². The number of aliphatic imine (C=N–C) groups is 1. The molecule has 0 amide bonds. The molecule has 0 aromatic carbocycles. The molecule has 1 heterocycles. The maximum absolute atomic E-state index is 4.50. The summed E-state index contributed by atoms with van der Waals surface area (Å²) < 4.78 is 0. The molecule has 0 spiro atoms. The van der Waals surface area contributed by atoms with Gasteiger partial charge >= 0.3 is 0 Å². The van der Waals surface area contributed by atoms with Gasteiger partial charge in [-0.2, -0.15) is 0 Å². The Morgan fingerprint density at radius 2 is 2.14 bits per heavy atom. The fourth-order valence-electron chi connectivity index (χ4n) is 1.30. The van der Waals surface area contributed by atoms with Crippen LogP contribution in [-0.4, -0.2) is 23.5 Å². The molecule has 1 aliphatic rings. The second-order valence-electron chi connectivity index (χ2n) is 4.66. The van der Waals surface area contributed by atoms with Crippen molar-refractivity contribution in [2.45, 2.75) is 39.4 Å². The average molecular weight is 214 g/mol. The van der Waals surface area contributed by atoms with Gasteiger partial charge in [0.2, 0.25) is 0 Å². The van der Waals surface area contributed by atoms with Gasteiger partial charge in [0.25, 0.3) is 0 Å². The van der Waals surface area contributed by atoms with Gasteiger partial charge in [0.05, 0.1) is 6.54 Å². The van der Waals surface area contributed by atoms with Crippen LogP contribution < -0.4 is 5.32 Å². The summed E-state index contributed by atoms with van der Waals surface area (Å²) in [4.78, 5) is 4.50. The van der Waals surface area contributed by atoms with Crippen LogP contribution in [0.5, 0.6) is 0 Å². The molecule has 3 heteroatoms. The Kier molecular flexibility index (Phi) is 4.79. The summed E-state index contributed by atoms with van der Waals surface area (Å²) in [6.07, 6.45) is 1.23. The van der Waals surface area contributed by atoms with Crippen molar-refractivity contribution in [3.8, 4) is 0 Å². The van der Waals surface area contributed by atoms with Gasteiger partial charge in [0, 0.05) is 11.8 Å². The normalized spacial score (nSPS) is 21.9. The Balaban J connectivity index is 2.16. The third-order valence-corrected chi connectivity index (χ3v) is 3.91. The molecule has 82 valence electrons. The number of hydrogen-bond acceptors (Lipinski definition) is 3. The van der Waals surface area contributed by atoms with Crippen molar-refractivity contribution >= 4 is 16.9 Å². The van der Waals surface area contributed by atoms with Crippen molar-refractivity contribution in [3.05, 3.63) is 0 Å². The number of thioether (sulfide) groups is 1. The van der Waals surface area contributed by atoms with Gasteiger partial charge in [-0.3, -0.25) is 4.99 Å². The summed E-state index contributed by atoms with van der Waals surface area (Å²) in [6, 6.07) is 0. The molecule has 0 saturated carbocycles. The first-order chi connectivity index (χ1) is 6.59. The van der Waals surface area contributed by atoms with Crippen molar-refractivity contribution in [2.24, 2.45) is 16.8 Å². The molecular formula is C11H22N2S. The first-order valence-corrected chi connectivity index (χ1v) is 6.42. The highest BCUT2D eigenvalue weighted by Crippen LogP contribution is 2.25. The van der Waals surface area contributed by atoms with Crippen LogP contribution in [0.4, 0.5) is 0 Å². The summed E-state index contributed by atoms with van der Waals surface area (Å²) in [5, 5.41) is 5.26. The standard InChI is InChI=1S/C11H22N2S/c1-8(2)5-6-12-11-13-7-10(14-11)9(3)4/h8-10H,5-7H2,1-4H3,(H,12,13). The highest BCUT2D eigenvalue weighted by Gasteiger charge is 2.21. The van der Waals surface area contributed by atoms with E-state index < -0.39 is 0 Å². The third kappa shape index (κ3) is 3.91. The molecule has 2 nitrogen and oxygen atoms in total. The van der Waals surface area contributed by atoms with Crippen molar-refractivity contribution in [3.63, 3.8) is 0 Å². The largest absolute Gasteiger partial charge is 0.365 e. The maximum Gasteiger partial charge on any atom is 0.156 e. The molecule has 0 fully saturated rings. The SMILES string of the molecule is CC(C)CCNC1=NCC(C(C)C)S1. The maximum atomic E-state index is 4.50. The van der Waals surface area contributed by atoms with Gasteiger partial charge in [0.15, 0.2) is 5.17 Å². The molecule has 0 aromatic rings. The monoisotopic (exact) mass is 214 g/mol. The van der Waals surface area contributed by atoms with Crippen LogP contribution in [0.15, 0.2) is 4.99 Å². The minimum absolute atomic E-state index is 0.691. The van der Waals surface area contributed by atoms with E-state index in [0.29, 0.717) is 5.25 Å². The molecule has 1 unspecified atom stereocenters. The molecule has 1 rings (SSSR count). The van der Waals surface area contributed by atoms with E-state index in [1.54, 1.807) is 0 Å². The first-order valence-electron chi connectivity index (χ1n) is 5.54. The predicted molar refractivity (Wildman–Crippen MR) is 66.0 cm³/mol. The van der Waals surface area contributed by atoms with Gasteiger partial charge in [-0.25, -0.2) is 0 Å². The van der Waals surface area contributed by atoms with E-state index in [4.69, 9.17) is 0 Å². The molecule has 1 atom stereocenters. The first kappa shape index (κ1) is 11.9. The smallest absolute Gasteiger partial charge is 0.156 e. The number of nitrogens with zero attached hydrogens (tertiary/aromatic N) is 1. The van der Waals surface area contributed by atoms with Crippen LogP contribution in [0.1, 0.15) is 34.1 Å². The zero-order chi connectivity index (χ0) is 10.6. The lowest BCUT2D eigenvalue weighted by Gasteiger charge is -2.12. The Labute approximate surface area is 92.0 Å². The second-order valence-corrected chi connectivity index (χ2v) is 5.88. The van der Waals surface area contributed by atoms with E-state index in [-0.39, 0.29) is 0 Å². The summed E-state index contributed by atoms with van der Waals surface area (Å²) >= 11 is 1.91. The van der Waals surface area contributed by atoms with Gasteiger partial charge < -0.3 is 5.32 Å². The summed E-state index contributed by atoms with van der Waals surface area (Å²) in [5.41, 5.74) is 0. The van der Waals surface area contributed by atoms with Gasteiger partial charge in [-0.15, -0.1) is 0 Å². The van der Waals surface area contributed by atoms with Crippen LogP contribution in [0.25, 0.3) is 0 Å². The minimum atomic E-state index is 0.691. The molecule has 0 saturated heterocycles. The lowest BCUT2D eigenvalue weighted by atomic mass is 10.1. The Morgan fingerprint density at radius 3 is 2.64 bits per heavy atom. The van der Waals surface area contributed by atoms with Crippen molar-refractivity contribution in [2.75, 3.05) is 13.1 Å². The van der Waals surface area contributed by atoms with E-state index in [9.17, 15) is 0 Å². The molecule has 0 bridgehead atoms. The minimum Gasteiger partial charge on any atom is -0.365 e. The molecule has 1 aliphatic heterocycles. The molecule has 0 aromatic heterocycles. The highest BCUT2D eigenvalue weighted by atomic mass is 32.2. The zero-order valence-corrected chi connectivity index (χ0v) is 10.5. The summed E-state index contributed by atoms with van der Waals surface area (Å²) in [7, 11) is 0. The van der Waals surface area contributed by atoms with E-state index in [2.05, 4.69) is 38.0 Å². The van der Waals surface area contributed by atoms with Crippen molar-refractivity contribution in [1.82, 2.24) is 5.32 Å². The van der Waals surface area contributed by atoms with Gasteiger partial charge in [0.1, 0.15) is 0 Å². The Morgan fingerprint density at radius 1 is 1.43 bits per heavy atom. The van der Waals surface area contributed by atoms with E-state index in [1.165, 1.54) is 6.42 Å². The third-order valence-electron chi connectivity index (χ3n) is 2.42. The summed E-state index contributed by atoms with van der Waals surface area (Å²) in [5.74, 6) is 1.50. The van der Waals surface area contributed by atoms with Crippen LogP contribution in [0.2, 0.25) is 0 Å². The van der Waals surface area contributed by atoms with Crippen LogP contribution in [0, 0.1) is 11.8 Å². The summed E-state index contributed by atoms with van der Waals surface area (Å²) in [6.45, 7) is 11.1. The highest BCUT2D eigenvalue weighted by molar-refractivity contribution is 8.14. The molecule has 0 aliphatic carbocycles. The quantitative estimate of drug-likeness (QED) is 0.778. The average Bonchev–Trinajstić information content (AvgIpc) is 2.52. The Bertz CT molecular complexity index is 199. The lowest BCUT2D eigenvalue weighted by molar-refractivity contribution is 0.579. The molecular weight excluding hydrogens is 192 g/mol. The van der Waals surface area contributed by atoms with E-state index in [0.717, 1.165) is 30.1 Å². The van der Waals surface area contributed by atoms with E-state index in [1.807, 2.05) is 11.8 Å². The predicted octanol–water partition coefficient (Wildman–Crippen LogP) is 2.75. The fourth-order valence-corrected chi connectivity index (χ4v) is 2.35. The zero-order valence-electron chi connectivity index (χ0n) is 9.71. The number of rotatable bonds is 4. The fraction of sp³-hybridized carbons (Fsp3) is 0.909. The van der Waals surface area contributed by atoms with E-state index >= 15 is 0 Å². The number of hydrogen-bond donors (Lipinski definition) is 1. The molecule has 14 heavy (non-hydrogen) atoms. The van der Waals surface area contributed by atoms with Crippen molar-refractivity contribution in [1.29, 1.82) is 0 Å². The molecule has 1 N–H and O–H groups in total. The Hall–Kier alpha value is -0.180. The lowest BCUT2D eigenvalue weighted by Crippen LogP contribution is -2.22. The van der Waals surface area contributed by atoms with Crippen LogP contribution >= 0.6 is 11.8 Å². The second kappa shape index (κ2) is 5.64. The molecule has 0 radical (unpaired) electrons. The van der Waals surface area contributed by atoms with Gasteiger partial charge in [-0.1, -0.05) is 39.5 Å². The van der Waals surface area contributed by atoms with Crippen LogP contribution in [0.3, 0.4) is 0 Å². The topological polar surface area (TPSA) is 24.4 Å².